The van der Waals surface area contributed by atoms with E-state index in [2.05, 4.69) is 52.2 Å². The van der Waals surface area contributed by atoms with Gasteiger partial charge in [0.15, 0.2) is 0 Å². The quantitative estimate of drug-likeness (QED) is 0.706. The van der Waals surface area contributed by atoms with E-state index >= 15 is 0 Å². The molecule has 0 atom stereocenters. The van der Waals surface area contributed by atoms with Crippen molar-refractivity contribution in [2.75, 3.05) is 0 Å². The zero-order chi connectivity index (χ0) is 11.8. The standard InChI is InChI=1S/C13H14N4/c1-3-12-15-8(2)13(16-12)9-4-5-10-7-14-17-11(10)6-9/h4-7H,3H2,1-2H3,(H,14,17)(H,15,16). The summed E-state index contributed by atoms with van der Waals surface area (Å²) in [6.45, 7) is 4.15. The second-order valence-electron chi connectivity index (χ2n) is 4.18. The van der Waals surface area contributed by atoms with Crippen LogP contribution in [0.2, 0.25) is 0 Å². The molecule has 0 aliphatic carbocycles. The molecule has 4 nitrogen and oxygen atoms in total. The molecule has 0 unspecified atom stereocenters. The molecule has 86 valence electrons. The topological polar surface area (TPSA) is 57.4 Å². The minimum atomic E-state index is 0.924. The molecule has 17 heavy (non-hydrogen) atoms. The van der Waals surface area contributed by atoms with Gasteiger partial charge in [0.05, 0.1) is 17.4 Å². The molecule has 1 aromatic carbocycles. The lowest BCUT2D eigenvalue weighted by atomic mass is 10.1. The third-order valence-electron chi connectivity index (χ3n) is 2.98. The second kappa shape index (κ2) is 3.73. The van der Waals surface area contributed by atoms with E-state index in [0.717, 1.165) is 40.1 Å². The van der Waals surface area contributed by atoms with Crippen LogP contribution in [0, 0.1) is 6.92 Å². The van der Waals surface area contributed by atoms with E-state index in [1.807, 2.05) is 6.20 Å². The molecule has 2 N–H and O–H groups in total. The zero-order valence-corrected chi connectivity index (χ0v) is 9.91. The lowest BCUT2D eigenvalue weighted by Crippen LogP contribution is -1.82. The van der Waals surface area contributed by atoms with Crippen molar-refractivity contribution in [3.05, 3.63) is 35.9 Å². The predicted molar refractivity (Wildman–Crippen MR) is 67.8 cm³/mol. The van der Waals surface area contributed by atoms with E-state index in [9.17, 15) is 0 Å². The van der Waals surface area contributed by atoms with Gasteiger partial charge in [-0.2, -0.15) is 5.10 Å². The Bertz CT molecular complexity index is 663. The number of imidazole rings is 1. The van der Waals surface area contributed by atoms with Gasteiger partial charge in [-0.25, -0.2) is 4.98 Å². The summed E-state index contributed by atoms with van der Waals surface area (Å²) in [7, 11) is 0. The molecular formula is C13H14N4. The normalized spacial score (nSPS) is 11.2. The Morgan fingerprint density at radius 1 is 1.29 bits per heavy atom. The molecular weight excluding hydrogens is 212 g/mol. The third-order valence-corrected chi connectivity index (χ3v) is 2.98. The highest BCUT2D eigenvalue weighted by Gasteiger charge is 2.08. The maximum absolute atomic E-state index is 4.60. The van der Waals surface area contributed by atoms with Gasteiger partial charge in [0.2, 0.25) is 0 Å². The maximum Gasteiger partial charge on any atom is 0.106 e. The number of aryl methyl sites for hydroxylation is 2. The van der Waals surface area contributed by atoms with Crippen LogP contribution in [0.4, 0.5) is 0 Å². The zero-order valence-electron chi connectivity index (χ0n) is 9.91. The Hall–Kier alpha value is -2.10. The van der Waals surface area contributed by atoms with Gasteiger partial charge in [0, 0.05) is 23.1 Å². The highest BCUT2D eigenvalue weighted by molar-refractivity contribution is 5.83. The summed E-state index contributed by atoms with van der Waals surface area (Å²) in [6, 6.07) is 6.24. The molecule has 3 rings (SSSR count). The smallest absolute Gasteiger partial charge is 0.106 e. The minimum absolute atomic E-state index is 0.924. The van der Waals surface area contributed by atoms with Crippen molar-refractivity contribution in [1.82, 2.24) is 20.2 Å². The largest absolute Gasteiger partial charge is 0.346 e. The fraction of sp³-hybridized carbons (Fsp3) is 0.231. The van der Waals surface area contributed by atoms with E-state index in [1.54, 1.807) is 0 Å². The van der Waals surface area contributed by atoms with Crippen molar-refractivity contribution in [2.45, 2.75) is 20.3 Å². The van der Waals surface area contributed by atoms with Crippen LogP contribution >= 0.6 is 0 Å². The number of hydrogen-bond donors (Lipinski definition) is 2. The highest BCUT2D eigenvalue weighted by Crippen LogP contribution is 2.24. The number of benzene rings is 1. The molecule has 0 amide bonds. The average Bonchev–Trinajstić information content (AvgIpc) is 2.93. The van der Waals surface area contributed by atoms with Crippen molar-refractivity contribution in [1.29, 1.82) is 0 Å². The molecule has 0 bridgehead atoms. The molecule has 0 fully saturated rings. The lowest BCUT2D eigenvalue weighted by molar-refractivity contribution is 0.982. The summed E-state index contributed by atoms with van der Waals surface area (Å²) < 4.78 is 0. The van der Waals surface area contributed by atoms with Crippen molar-refractivity contribution < 1.29 is 0 Å². The Morgan fingerprint density at radius 2 is 2.18 bits per heavy atom. The molecule has 3 aromatic rings. The van der Waals surface area contributed by atoms with Crippen LogP contribution in [-0.4, -0.2) is 20.2 Å². The molecule has 0 spiro atoms. The fourth-order valence-electron chi connectivity index (χ4n) is 2.06. The van der Waals surface area contributed by atoms with Gasteiger partial charge in [-0.3, -0.25) is 5.10 Å². The van der Waals surface area contributed by atoms with E-state index in [0.29, 0.717) is 0 Å². The van der Waals surface area contributed by atoms with Crippen molar-refractivity contribution >= 4 is 10.9 Å². The molecule has 2 aromatic heterocycles. The van der Waals surface area contributed by atoms with Crippen LogP contribution in [0.3, 0.4) is 0 Å². The van der Waals surface area contributed by atoms with E-state index < -0.39 is 0 Å². The summed E-state index contributed by atoms with van der Waals surface area (Å²) >= 11 is 0. The van der Waals surface area contributed by atoms with Crippen LogP contribution < -0.4 is 0 Å². The first-order chi connectivity index (χ1) is 8.28. The van der Waals surface area contributed by atoms with Gasteiger partial charge in [0.1, 0.15) is 5.82 Å². The molecule has 4 heteroatoms. The van der Waals surface area contributed by atoms with Gasteiger partial charge in [0.25, 0.3) is 0 Å². The number of nitrogens with one attached hydrogen (secondary N) is 2. The minimum Gasteiger partial charge on any atom is -0.346 e. The van der Waals surface area contributed by atoms with Gasteiger partial charge < -0.3 is 4.98 Å². The molecule has 0 radical (unpaired) electrons. The first kappa shape index (κ1) is 10.1. The number of nitrogens with zero attached hydrogens (tertiary/aromatic N) is 2. The molecule has 0 saturated carbocycles. The number of fused-ring (bicyclic) bond motifs is 1. The van der Waals surface area contributed by atoms with E-state index in [1.165, 1.54) is 0 Å². The second-order valence-corrected chi connectivity index (χ2v) is 4.18. The van der Waals surface area contributed by atoms with Crippen molar-refractivity contribution in [3.63, 3.8) is 0 Å². The van der Waals surface area contributed by atoms with E-state index in [-0.39, 0.29) is 0 Å². The monoisotopic (exact) mass is 226 g/mol. The van der Waals surface area contributed by atoms with Crippen LogP contribution in [-0.2, 0) is 6.42 Å². The van der Waals surface area contributed by atoms with Gasteiger partial charge in [-0.15, -0.1) is 0 Å². The van der Waals surface area contributed by atoms with Gasteiger partial charge in [-0.05, 0) is 13.0 Å². The highest BCUT2D eigenvalue weighted by atomic mass is 15.1. The summed E-state index contributed by atoms with van der Waals surface area (Å²) in [5.41, 5.74) is 4.30. The number of aromatic amines is 2. The SMILES string of the molecule is CCc1nc(-c2ccc3cn[nH]c3c2)c(C)[nH]1. The van der Waals surface area contributed by atoms with E-state index in [4.69, 9.17) is 0 Å². The third kappa shape index (κ3) is 1.62. The van der Waals surface area contributed by atoms with Gasteiger partial charge in [-0.1, -0.05) is 19.1 Å². The molecule has 0 aliphatic rings. The Balaban J connectivity index is 2.15. The van der Waals surface area contributed by atoms with Crippen molar-refractivity contribution in [3.8, 4) is 11.3 Å². The van der Waals surface area contributed by atoms with Crippen LogP contribution in [0.1, 0.15) is 18.4 Å². The summed E-state index contributed by atoms with van der Waals surface area (Å²) in [5, 5.41) is 8.13. The lowest BCUT2D eigenvalue weighted by Gasteiger charge is -1.98. The number of hydrogen-bond acceptors (Lipinski definition) is 2. The summed E-state index contributed by atoms with van der Waals surface area (Å²) in [6.07, 6.45) is 2.75. The Kier molecular flexibility index (Phi) is 2.21. The van der Waals surface area contributed by atoms with Crippen LogP contribution in [0.25, 0.3) is 22.2 Å². The molecule has 2 heterocycles. The molecule has 0 aliphatic heterocycles. The van der Waals surface area contributed by atoms with Crippen molar-refractivity contribution in [2.24, 2.45) is 0 Å². The summed E-state index contributed by atoms with van der Waals surface area (Å²) in [4.78, 5) is 7.90. The van der Waals surface area contributed by atoms with Crippen LogP contribution in [0.15, 0.2) is 24.4 Å². The number of H-pyrrole nitrogens is 2. The first-order valence-corrected chi connectivity index (χ1v) is 5.77. The number of aromatic nitrogens is 4. The first-order valence-electron chi connectivity index (χ1n) is 5.77. The fourth-order valence-corrected chi connectivity index (χ4v) is 2.06. The summed E-state index contributed by atoms with van der Waals surface area (Å²) in [5.74, 6) is 1.03. The maximum atomic E-state index is 4.60. The van der Waals surface area contributed by atoms with Gasteiger partial charge >= 0.3 is 0 Å². The predicted octanol–water partition coefficient (Wildman–Crippen LogP) is 2.82. The number of rotatable bonds is 2. The Morgan fingerprint density at radius 3 is 2.94 bits per heavy atom. The average molecular weight is 226 g/mol. The molecule has 0 saturated heterocycles. The van der Waals surface area contributed by atoms with Crippen LogP contribution in [0.5, 0.6) is 0 Å². The Labute approximate surface area is 99.1 Å².